The van der Waals surface area contributed by atoms with E-state index in [1.165, 1.54) is 0 Å². The van der Waals surface area contributed by atoms with Gasteiger partial charge < -0.3 is 5.32 Å². The van der Waals surface area contributed by atoms with Crippen LogP contribution in [-0.2, 0) is 4.79 Å². The van der Waals surface area contributed by atoms with Gasteiger partial charge in [-0.05, 0) is 25.5 Å². The highest BCUT2D eigenvalue weighted by Crippen LogP contribution is 2.17. The van der Waals surface area contributed by atoms with E-state index in [4.69, 9.17) is 0 Å². The van der Waals surface area contributed by atoms with Crippen LogP contribution in [0, 0.1) is 19.3 Å². The molecule has 0 radical (unpaired) electrons. The van der Waals surface area contributed by atoms with Gasteiger partial charge >= 0.3 is 0 Å². The molecule has 0 spiro atoms. The molecule has 0 fully saturated rings. The van der Waals surface area contributed by atoms with Crippen molar-refractivity contribution in [3.8, 4) is 0 Å². The van der Waals surface area contributed by atoms with E-state index in [2.05, 4.69) is 15.5 Å². The van der Waals surface area contributed by atoms with Gasteiger partial charge in [-0.25, -0.2) is 0 Å². The normalized spacial score (nSPS) is 11.3. The molecule has 82 valence electrons. The molecule has 1 rings (SSSR count). The molecule has 0 bridgehead atoms. The van der Waals surface area contributed by atoms with E-state index in [0.29, 0.717) is 5.82 Å². The van der Waals surface area contributed by atoms with Crippen LogP contribution in [0.3, 0.4) is 0 Å². The fourth-order valence-electron chi connectivity index (χ4n) is 1.04. The number of aromatic nitrogens is 2. The highest BCUT2D eigenvalue weighted by atomic mass is 16.2. The van der Waals surface area contributed by atoms with Gasteiger partial charge in [-0.2, -0.15) is 5.10 Å². The number of carbonyl (C=O) groups is 1. The van der Waals surface area contributed by atoms with E-state index in [1.54, 1.807) is 0 Å². The van der Waals surface area contributed by atoms with Gasteiger partial charge in [0.2, 0.25) is 5.91 Å². The predicted molar refractivity (Wildman–Crippen MR) is 59.6 cm³/mol. The third-order valence-electron chi connectivity index (χ3n) is 2.02. The third-order valence-corrected chi connectivity index (χ3v) is 2.02. The Labute approximate surface area is 90.1 Å². The van der Waals surface area contributed by atoms with Gasteiger partial charge in [0.15, 0.2) is 5.82 Å². The Kier molecular flexibility index (Phi) is 3.07. The van der Waals surface area contributed by atoms with Crippen LogP contribution in [0.4, 0.5) is 5.82 Å². The Hall–Kier alpha value is -1.45. The molecule has 0 aliphatic rings. The van der Waals surface area contributed by atoms with E-state index in [0.717, 1.165) is 11.3 Å². The van der Waals surface area contributed by atoms with Crippen LogP contribution in [0.5, 0.6) is 0 Å². The smallest absolute Gasteiger partial charge is 0.230 e. The minimum Gasteiger partial charge on any atom is -0.309 e. The number of hydrogen-bond donors (Lipinski definition) is 1. The monoisotopic (exact) mass is 207 g/mol. The zero-order valence-electron chi connectivity index (χ0n) is 9.88. The highest BCUT2D eigenvalue weighted by Gasteiger charge is 2.22. The number of nitrogens with zero attached hydrogens (tertiary/aromatic N) is 2. The van der Waals surface area contributed by atoms with Gasteiger partial charge in [0.25, 0.3) is 0 Å². The number of rotatable bonds is 1. The van der Waals surface area contributed by atoms with Crippen molar-refractivity contribution in [1.29, 1.82) is 0 Å². The summed E-state index contributed by atoms with van der Waals surface area (Å²) >= 11 is 0. The standard InChI is InChI=1S/C11H17N3O/c1-7-6-8(2)13-14-9(7)12-10(15)11(3,4)5/h6H,1-5H3,(H,12,14,15). The molecule has 4 heteroatoms. The molecule has 0 aliphatic heterocycles. The fourth-order valence-corrected chi connectivity index (χ4v) is 1.04. The van der Waals surface area contributed by atoms with Crippen molar-refractivity contribution in [2.75, 3.05) is 5.32 Å². The van der Waals surface area contributed by atoms with Crippen LogP contribution in [0.25, 0.3) is 0 Å². The summed E-state index contributed by atoms with van der Waals surface area (Å²) in [4.78, 5) is 11.7. The minimum absolute atomic E-state index is 0.0521. The van der Waals surface area contributed by atoms with Gasteiger partial charge in [0.05, 0.1) is 5.69 Å². The SMILES string of the molecule is Cc1cc(C)c(NC(=O)C(C)(C)C)nn1. The second-order valence-corrected chi connectivity index (χ2v) is 4.72. The van der Waals surface area contributed by atoms with Gasteiger partial charge in [-0.1, -0.05) is 20.8 Å². The zero-order chi connectivity index (χ0) is 11.6. The Morgan fingerprint density at radius 3 is 2.33 bits per heavy atom. The summed E-state index contributed by atoms with van der Waals surface area (Å²) in [5.74, 6) is 0.490. The van der Waals surface area contributed by atoms with Crippen LogP contribution in [0.1, 0.15) is 32.0 Å². The van der Waals surface area contributed by atoms with Crippen LogP contribution < -0.4 is 5.32 Å². The topological polar surface area (TPSA) is 54.9 Å². The van der Waals surface area contributed by atoms with Gasteiger partial charge in [-0.3, -0.25) is 4.79 Å². The summed E-state index contributed by atoms with van der Waals surface area (Å²) in [6, 6.07) is 1.89. The lowest BCUT2D eigenvalue weighted by molar-refractivity contribution is -0.123. The number of anilines is 1. The van der Waals surface area contributed by atoms with Crippen molar-refractivity contribution in [2.24, 2.45) is 5.41 Å². The molecular weight excluding hydrogens is 190 g/mol. The molecule has 0 saturated heterocycles. The minimum atomic E-state index is -0.418. The zero-order valence-corrected chi connectivity index (χ0v) is 9.88. The van der Waals surface area contributed by atoms with E-state index in [9.17, 15) is 4.79 Å². The number of carbonyl (C=O) groups excluding carboxylic acids is 1. The number of nitrogens with one attached hydrogen (secondary N) is 1. The van der Waals surface area contributed by atoms with Crippen molar-refractivity contribution in [2.45, 2.75) is 34.6 Å². The maximum Gasteiger partial charge on any atom is 0.230 e. The summed E-state index contributed by atoms with van der Waals surface area (Å²) in [5, 5.41) is 10.6. The third kappa shape index (κ3) is 3.01. The summed E-state index contributed by atoms with van der Waals surface area (Å²) in [7, 11) is 0. The van der Waals surface area contributed by atoms with Crippen molar-refractivity contribution in [1.82, 2.24) is 10.2 Å². The van der Waals surface area contributed by atoms with Crippen LogP contribution in [-0.4, -0.2) is 16.1 Å². The molecule has 0 unspecified atom stereocenters. The van der Waals surface area contributed by atoms with E-state index >= 15 is 0 Å². The molecule has 1 N–H and O–H groups in total. The maximum absolute atomic E-state index is 11.7. The van der Waals surface area contributed by atoms with Crippen molar-refractivity contribution < 1.29 is 4.79 Å². The number of amides is 1. The summed E-state index contributed by atoms with van der Waals surface area (Å²) in [5.41, 5.74) is 1.36. The molecule has 15 heavy (non-hydrogen) atoms. The highest BCUT2D eigenvalue weighted by molar-refractivity contribution is 5.94. The lowest BCUT2D eigenvalue weighted by Crippen LogP contribution is -2.28. The molecule has 0 aliphatic carbocycles. The average molecular weight is 207 g/mol. The summed E-state index contributed by atoms with van der Waals surface area (Å²) in [6.07, 6.45) is 0. The molecule has 0 atom stereocenters. The molecule has 1 amide bonds. The largest absolute Gasteiger partial charge is 0.309 e. The lowest BCUT2D eigenvalue weighted by atomic mass is 9.96. The Bertz CT molecular complexity index is 380. The van der Waals surface area contributed by atoms with E-state index in [1.807, 2.05) is 40.7 Å². The van der Waals surface area contributed by atoms with Crippen molar-refractivity contribution in [3.63, 3.8) is 0 Å². The van der Waals surface area contributed by atoms with E-state index < -0.39 is 5.41 Å². The van der Waals surface area contributed by atoms with Crippen molar-refractivity contribution >= 4 is 11.7 Å². The molecule has 1 heterocycles. The first-order valence-electron chi connectivity index (χ1n) is 4.93. The average Bonchev–Trinajstić information content (AvgIpc) is 2.08. The Morgan fingerprint density at radius 2 is 1.87 bits per heavy atom. The number of hydrogen-bond acceptors (Lipinski definition) is 3. The van der Waals surface area contributed by atoms with E-state index in [-0.39, 0.29) is 5.91 Å². The number of aryl methyl sites for hydroxylation is 2. The molecule has 1 aromatic heterocycles. The predicted octanol–water partition coefficient (Wildman–Crippen LogP) is 2.08. The van der Waals surface area contributed by atoms with Gasteiger partial charge in [0, 0.05) is 5.41 Å². The van der Waals surface area contributed by atoms with Crippen LogP contribution >= 0.6 is 0 Å². The quantitative estimate of drug-likeness (QED) is 0.767. The summed E-state index contributed by atoms with van der Waals surface area (Å²) in [6.45, 7) is 9.35. The molecule has 0 saturated carbocycles. The molecule has 4 nitrogen and oxygen atoms in total. The molecule has 1 aromatic rings. The van der Waals surface area contributed by atoms with Crippen LogP contribution in [0.15, 0.2) is 6.07 Å². The Morgan fingerprint density at radius 1 is 1.27 bits per heavy atom. The van der Waals surface area contributed by atoms with Crippen LogP contribution in [0.2, 0.25) is 0 Å². The molecular formula is C11H17N3O. The second-order valence-electron chi connectivity index (χ2n) is 4.72. The second kappa shape index (κ2) is 3.96. The van der Waals surface area contributed by atoms with Gasteiger partial charge in [0.1, 0.15) is 0 Å². The fraction of sp³-hybridized carbons (Fsp3) is 0.545. The van der Waals surface area contributed by atoms with Gasteiger partial charge in [-0.15, -0.1) is 5.10 Å². The first kappa shape index (κ1) is 11.6. The first-order valence-corrected chi connectivity index (χ1v) is 4.93. The molecule has 0 aromatic carbocycles. The lowest BCUT2D eigenvalue weighted by Gasteiger charge is -2.17. The maximum atomic E-state index is 11.7. The first-order chi connectivity index (χ1) is 6.80. The Balaban J connectivity index is 2.87. The van der Waals surface area contributed by atoms with Crippen molar-refractivity contribution in [3.05, 3.63) is 17.3 Å². The summed E-state index contributed by atoms with van der Waals surface area (Å²) < 4.78 is 0.